The van der Waals surface area contributed by atoms with Gasteiger partial charge in [0.15, 0.2) is 17.6 Å². The molecule has 1 aliphatic rings. The Morgan fingerprint density at radius 2 is 1.96 bits per heavy atom. The van der Waals surface area contributed by atoms with Crippen molar-refractivity contribution in [2.24, 2.45) is 0 Å². The summed E-state index contributed by atoms with van der Waals surface area (Å²) in [5.74, 6) is -0.0858. The first kappa shape index (κ1) is 18.4. The van der Waals surface area contributed by atoms with Crippen molar-refractivity contribution in [1.29, 1.82) is 0 Å². The molecule has 0 radical (unpaired) electrons. The number of likely N-dealkylation sites (tertiary alicyclic amines) is 1. The lowest BCUT2D eigenvalue weighted by molar-refractivity contribution is -0.138. The number of amides is 1. The summed E-state index contributed by atoms with van der Waals surface area (Å²) in [5.41, 5.74) is 0.210. The molecule has 1 fully saturated rings. The maximum Gasteiger partial charge on any atom is 0.339 e. The second kappa shape index (κ2) is 8.24. The van der Waals surface area contributed by atoms with Gasteiger partial charge in [-0.2, -0.15) is 0 Å². The van der Waals surface area contributed by atoms with Crippen LogP contribution in [0.2, 0.25) is 5.02 Å². The molecular formula is C17H22ClNO5. The number of esters is 1. The molecule has 0 spiro atoms. The zero-order chi connectivity index (χ0) is 17.7. The van der Waals surface area contributed by atoms with Crippen molar-refractivity contribution in [2.45, 2.75) is 32.8 Å². The van der Waals surface area contributed by atoms with E-state index in [4.69, 9.17) is 25.8 Å². The minimum Gasteiger partial charge on any atom is -0.493 e. The fraction of sp³-hybridized carbons (Fsp3) is 0.529. The number of benzene rings is 1. The molecule has 1 aliphatic heterocycles. The van der Waals surface area contributed by atoms with Crippen LogP contribution in [0.15, 0.2) is 12.1 Å². The summed E-state index contributed by atoms with van der Waals surface area (Å²) in [6.45, 7) is 5.24. The van der Waals surface area contributed by atoms with Gasteiger partial charge in [-0.05, 0) is 38.8 Å². The molecule has 0 aliphatic carbocycles. The second-order valence-electron chi connectivity index (χ2n) is 5.50. The first-order valence-corrected chi connectivity index (χ1v) is 8.35. The summed E-state index contributed by atoms with van der Waals surface area (Å²) in [6.07, 6.45) is 1.13. The third kappa shape index (κ3) is 4.12. The average Bonchev–Trinajstić information content (AvgIpc) is 3.10. The van der Waals surface area contributed by atoms with Crippen LogP contribution in [0.1, 0.15) is 37.0 Å². The molecule has 1 aromatic rings. The summed E-state index contributed by atoms with van der Waals surface area (Å²) >= 11 is 6.15. The van der Waals surface area contributed by atoms with E-state index in [-0.39, 0.29) is 16.5 Å². The predicted molar refractivity (Wildman–Crippen MR) is 89.9 cm³/mol. The summed E-state index contributed by atoms with van der Waals surface area (Å²) in [4.78, 5) is 26.2. The zero-order valence-corrected chi connectivity index (χ0v) is 14.9. The number of ether oxygens (including phenoxy) is 3. The number of carbonyl (C=O) groups is 2. The van der Waals surface area contributed by atoms with Crippen molar-refractivity contribution in [3.63, 3.8) is 0 Å². The van der Waals surface area contributed by atoms with E-state index < -0.39 is 12.1 Å². The van der Waals surface area contributed by atoms with Crippen molar-refractivity contribution in [3.8, 4) is 11.5 Å². The molecule has 1 unspecified atom stereocenters. The molecule has 0 bridgehead atoms. The average molecular weight is 356 g/mol. The topological polar surface area (TPSA) is 65.1 Å². The van der Waals surface area contributed by atoms with Gasteiger partial charge in [0.2, 0.25) is 0 Å². The van der Waals surface area contributed by atoms with E-state index in [1.54, 1.807) is 11.8 Å². The molecule has 2 rings (SSSR count). The van der Waals surface area contributed by atoms with E-state index in [0.29, 0.717) is 31.2 Å². The number of hydrogen-bond acceptors (Lipinski definition) is 5. The molecular weight excluding hydrogens is 334 g/mol. The largest absolute Gasteiger partial charge is 0.493 e. The van der Waals surface area contributed by atoms with Gasteiger partial charge in [0.1, 0.15) is 0 Å². The van der Waals surface area contributed by atoms with Gasteiger partial charge < -0.3 is 19.1 Å². The summed E-state index contributed by atoms with van der Waals surface area (Å²) < 4.78 is 15.9. The molecule has 1 amide bonds. The Labute approximate surface area is 146 Å². The quantitative estimate of drug-likeness (QED) is 0.734. The molecule has 0 N–H and O–H groups in total. The van der Waals surface area contributed by atoms with Crippen LogP contribution in [0.3, 0.4) is 0 Å². The smallest absolute Gasteiger partial charge is 0.339 e. The Morgan fingerprint density at radius 1 is 1.29 bits per heavy atom. The van der Waals surface area contributed by atoms with Crippen LogP contribution in [-0.2, 0) is 9.53 Å². The Hall–Kier alpha value is -1.95. The molecule has 0 aromatic heterocycles. The van der Waals surface area contributed by atoms with Gasteiger partial charge in [-0.1, -0.05) is 11.6 Å². The molecule has 6 nitrogen and oxygen atoms in total. The molecule has 7 heteroatoms. The normalized spacial score (nSPS) is 15.1. The zero-order valence-electron chi connectivity index (χ0n) is 14.1. The number of nitrogens with zero attached hydrogens (tertiary/aromatic N) is 1. The number of halogens is 1. The van der Waals surface area contributed by atoms with Crippen LogP contribution in [0.5, 0.6) is 11.5 Å². The van der Waals surface area contributed by atoms with Crippen LogP contribution in [0, 0.1) is 0 Å². The number of methoxy groups -OCH3 is 1. The van der Waals surface area contributed by atoms with Gasteiger partial charge in [-0.3, -0.25) is 4.79 Å². The van der Waals surface area contributed by atoms with E-state index in [9.17, 15) is 9.59 Å². The second-order valence-corrected chi connectivity index (χ2v) is 5.91. The minimum absolute atomic E-state index is 0.176. The van der Waals surface area contributed by atoms with Crippen LogP contribution in [-0.4, -0.2) is 49.7 Å². The third-order valence-electron chi connectivity index (χ3n) is 3.80. The molecule has 24 heavy (non-hydrogen) atoms. The molecule has 1 heterocycles. The maximum absolute atomic E-state index is 12.3. The van der Waals surface area contributed by atoms with Crippen LogP contribution < -0.4 is 9.47 Å². The Morgan fingerprint density at radius 3 is 2.54 bits per heavy atom. The molecule has 132 valence electrons. The van der Waals surface area contributed by atoms with Crippen LogP contribution in [0.25, 0.3) is 0 Å². The van der Waals surface area contributed by atoms with Gasteiger partial charge >= 0.3 is 5.97 Å². The van der Waals surface area contributed by atoms with Crippen molar-refractivity contribution in [3.05, 3.63) is 22.7 Å². The van der Waals surface area contributed by atoms with Crippen LogP contribution >= 0.6 is 11.6 Å². The highest BCUT2D eigenvalue weighted by Crippen LogP contribution is 2.36. The summed E-state index contributed by atoms with van der Waals surface area (Å²) in [7, 11) is 1.46. The van der Waals surface area contributed by atoms with Crippen molar-refractivity contribution in [2.75, 3.05) is 26.8 Å². The SMILES string of the molecule is CCOc1c(Cl)cc(C(=O)OC(C)C(=O)N2CCCC2)cc1OC. The summed E-state index contributed by atoms with van der Waals surface area (Å²) in [5, 5.41) is 0.252. The lowest BCUT2D eigenvalue weighted by atomic mass is 10.2. The van der Waals surface area contributed by atoms with E-state index in [0.717, 1.165) is 12.8 Å². The molecule has 1 aromatic carbocycles. The van der Waals surface area contributed by atoms with Gasteiger partial charge in [0, 0.05) is 13.1 Å². The minimum atomic E-state index is -0.841. The standard InChI is InChI=1S/C17H22ClNO5/c1-4-23-15-13(18)9-12(10-14(15)22-3)17(21)24-11(2)16(20)19-7-5-6-8-19/h9-11H,4-8H2,1-3H3. The highest BCUT2D eigenvalue weighted by atomic mass is 35.5. The van der Waals surface area contributed by atoms with Gasteiger partial charge in [-0.15, -0.1) is 0 Å². The van der Waals surface area contributed by atoms with Crippen molar-refractivity contribution >= 4 is 23.5 Å². The van der Waals surface area contributed by atoms with E-state index >= 15 is 0 Å². The lowest BCUT2D eigenvalue weighted by Crippen LogP contribution is -2.38. The van der Waals surface area contributed by atoms with E-state index in [1.807, 2.05) is 6.92 Å². The van der Waals surface area contributed by atoms with Gasteiger partial charge in [-0.25, -0.2) is 4.79 Å². The van der Waals surface area contributed by atoms with Gasteiger partial charge in [0.05, 0.1) is 24.3 Å². The molecule has 1 saturated heterocycles. The van der Waals surface area contributed by atoms with E-state index in [2.05, 4.69) is 0 Å². The maximum atomic E-state index is 12.3. The third-order valence-corrected chi connectivity index (χ3v) is 4.08. The first-order chi connectivity index (χ1) is 11.5. The number of rotatable bonds is 6. The van der Waals surface area contributed by atoms with Crippen molar-refractivity contribution in [1.82, 2.24) is 4.90 Å². The highest BCUT2D eigenvalue weighted by Gasteiger charge is 2.27. The van der Waals surface area contributed by atoms with E-state index in [1.165, 1.54) is 19.2 Å². The molecule has 0 saturated carbocycles. The van der Waals surface area contributed by atoms with Crippen LogP contribution in [0.4, 0.5) is 0 Å². The predicted octanol–water partition coefficient (Wildman–Crippen LogP) is 2.92. The Kier molecular flexibility index (Phi) is 6.31. The molecule has 1 atom stereocenters. The lowest BCUT2D eigenvalue weighted by Gasteiger charge is -2.20. The monoisotopic (exact) mass is 355 g/mol. The Bertz CT molecular complexity index is 613. The highest BCUT2D eigenvalue weighted by molar-refractivity contribution is 6.32. The number of hydrogen-bond donors (Lipinski definition) is 0. The fourth-order valence-electron chi connectivity index (χ4n) is 2.60. The van der Waals surface area contributed by atoms with Crippen molar-refractivity contribution < 1.29 is 23.8 Å². The number of carbonyl (C=O) groups excluding carboxylic acids is 2. The summed E-state index contributed by atoms with van der Waals surface area (Å²) in [6, 6.07) is 2.94. The fourth-order valence-corrected chi connectivity index (χ4v) is 2.86. The van der Waals surface area contributed by atoms with Gasteiger partial charge in [0.25, 0.3) is 5.91 Å². The first-order valence-electron chi connectivity index (χ1n) is 7.98. The Balaban J connectivity index is 2.11.